The van der Waals surface area contributed by atoms with Crippen molar-refractivity contribution < 1.29 is 9.31 Å². The first kappa shape index (κ1) is 12.8. The molecule has 0 spiro atoms. The van der Waals surface area contributed by atoms with Crippen LogP contribution in [0.3, 0.4) is 0 Å². The molecule has 1 aliphatic heterocycles. The van der Waals surface area contributed by atoms with E-state index in [1.54, 1.807) is 0 Å². The maximum atomic E-state index is 13.6. The lowest BCUT2D eigenvalue weighted by atomic mass is 10.1. The van der Waals surface area contributed by atoms with Gasteiger partial charge in [-0.3, -0.25) is 10.1 Å². The van der Waals surface area contributed by atoms with Gasteiger partial charge in [-0.05, 0) is 26.5 Å². The Morgan fingerprint density at radius 1 is 1.56 bits per heavy atom. The van der Waals surface area contributed by atoms with Gasteiger partial charge in [-0.1, -0.05) is 0 Å². The summed E-state index contributed by atoms with van der Waals surface area (Å²) in [4.78, 5) is 12.3. The summed E-state index contributed by atoms with van der Waals surface area (Å²) in [5.74, 6) is -0.456. The van der Waals surface area contributed by atoms with Crippen LogP contribution >= 0.6 is 0 Å². The third-order valence-electron chi connectivity index (χ3n) is 3.41. The molecule has 1 N–H and O–H groups in total. The van der Waals surface area contributed by atoms with Gasteiger partial charge in [0, 0.05) is 30.8 Å². The Kier molecular flexibility index (Phi) is 3.47. The number of nitro groups is 1. The highest BCUT2D eigenvalue weighted by atomic mass is 19.1. The monoisotopic (exact) mass is 253 g/mol. The number of benzene rings is 1. The molecule has 2 unspecified atom stereocenters. The van der Waals surface area contributed by atoms with Crippen molar-refractivity contribution in [1.82, 2.24) is 4.90 Å². The standard InChI is InChI=1S/C12H16FN3O2/c1-8-5-9(7-15(8)2)14-12-6-10(16(17)18)3-4-11(12)13/h3-4,6,8-9,14H,5,7H2,1-2H3. The Balaban J connectivity index is 2.14. The maximum Gasteiger partial charge on any atom is 0.271 e. The third-order valence-corrected chi connectivity index (χ3v) is 3.41. The fourth-order valence-corrected chi connectivity index (χ4v) is 2.26. The van der Waals surface area contributed by atoms with Crippen molar-refractivity contribution >= 4 is 11.4 Å². The van der Waals surface area contributed by atoms with Gasteiger partial charge >= 0.3 is 0 Å². The predicted octanol–water partition coefficient (Wildman–Crippen LogP) is 2.24. The van der Waals surface area contributed by atoms with Crippen LogP contribution in [-0.2, 0) is 0 Å². The molecule has 0 bridgehead atoms. The summed E-state index contributed by atoms with van der Waals surface area (Å²) in [7, 11) is 2.01. The lowest BCUT2D eigenvalue weighted by molar-refractivity contribution is -0.384. The van der Waals surface area contributed by atoms with Crippen LogP contribution in [0.15, 0.2) is 18.2 Å². The lowest BCUT2D eigenvalue weighted by Gasteiger charge is -2.14. The molecular formula is C12H16FN3O2. The van der Waals surface area contributed by atoms with Crippen molar-refractivity contribution in [2.75, 3.05) is 18.9 Å². The Hall–Kier alpha value is -1.69. The molecule has 2 rings (SSSR count). The van der Waals surface area contributed by atoms with E-state index in [1.165, 1.54) is 12.1 Å². The molecule has 1 aromatic carbocycles. The van der Waals surface area contributed by atoms with Gasteiger partial charge in [0.25, 0.3) is 5.69 Å². The topological polar surface area (TPSA) is 58.4 Å². The minimum absolute atomic E-state index is 0.0988. The minimum Gasteiger partial charge on any atom is -0.378 e. The Morgan fingerprint density at radius 2 is 2.28 bits per heavy atom. The van der Waals surface area contributed by atoms with Gasteiger partial charge in [0.1, 0.15) is 5.82 Å². The molecule has 5 nitrogen and oxygen atoms in total. The number of nitrogens with one attached hydrogen (secondary N) is 1. The second kappa shape index (κ2) is 4.89. The van der Waals surface area contributed by atoms with Crippen LogP contribution in [0.4, 0.5) is 15.8 Å². The van der Waals surface area contributed by atoms with Gasteiger partial charge in [0.2, 0.25) is 0 Å². The van der Waals surface area contributed by atoms with Crippen LogP contribution in [0, 0.1) is 15.9 Å². The first-order chi connectivity index (χ1) is 8.47. The molecule has 1 saturated heterocycles. The van der Waals surface area contributed by atoms with Crippen molar-refractivity contribution in [2.24, 2.45) is 0 Å². The van der Waals surface area contributed by atoms with E-state index in [2.05, 4.69) is 17.1 Å². The number of nitrogens with zero attached hydrogens (tertiary/aromatic N) is 2. The molecule has 0 amide bonds. The van der Waals surface area contributed by atoms with Crippen molar-refractivity contribution in [3.8, 4) is 0 Å². The number of anilines is 1. The van der Waals surface area contributed by atoms with Crippen molar-refractivity contribution in [3.05, 3.63) is 34.1 Å². The number of hydrogen-bond acceptors (Lipinski definition) is 4. The largest absolute Gasteiger partial charge is 0.378 e. The van der Waals surface area contributed by atoms with Crippen LogP contribution in [-0.4, -0.2) is 35.5 Å². The van der Waals surface area contributed by atoms with Crippen LogP contribution in [0.2, 0.25) is 0 Å². The Bertz CT molecular complexity index is 457. The smallest absolute Gasteiger partial charge is 0.271 e. The molecule has 18 heavy (non-hydrogen) atoms. The molecule has 0 aromatic heterocycles. The van der Waals surface area contributed by atoms with Crippen LogP contribution < -0.4 is 5.32 Å². The van der Waals surface area contributed by atoms with Crippen molar-refractivity contribution in [2.45, 2.75) is 25.4 Å². The zero-order valence-corrected chi connectivity index (χ0v) is 10.4. The average Bonchev–Trinajstić information content (AvgIpc) is 2.61. The van der Waals surface area contributed by atoms with E-state index in [9.17, 15) is 14.5 Å². The number of halogens is 1. The molecule has 0 saturated carbocycles. The van der Waals surface area contributed by atoms with Gasteiger partial charge in [0.05, 0.1) is 10.6 Å². The zero-order valence-electron chi connectivity index (χ0n) is 10.4. The molecule has 0 aliphatic carbocycles. The number of non-ortho nitro benzene ring substituents is 1. The molecule has 1 fully saturated rings. The quantitative estimate of drug-likeness (QED) is 0.663. The number of likely N-dealkylation sites (tertiary alicyclic amines) is 1. The van der Waals surface area contributed by atoms with E-state index in [-0.39, 0.29) is 17.4 Å². The number of nitro benzene ring substituents is 1. The van der Waals surface area contributed by atoms with Crippen molar-refractivity contribution in [3.63, 3.8) is 0 Å². The maximum absolute atomic E-state index is 13.6. The molecule has 1 heterocycles. The molecule has 1 aromatic rings. The summed E-state index contributed by atoms with van der Waals surface area (Å²) >= 11 is 0. The van der Waals surface area contributed by atoms with Gasteiger partial charge in [-0.25, -0.2) is 4.39 Å². The van der Waals surface area contributed by atoms with Crippen LogP contribution in [0.5, 0.6) is 0 Å². The average molecular weight is 253 g/mol. The highest BCUT2D eigenvalue weighted by Gasteiger charge is 2.26. The second-order valence-corrected chi connectivity index (χ2v) is 4.79. The summed E-state index contributed by atoms with van der Waals surface area (Å²) in [6.07, 6.45) is 0.901. The highest BCUT2D eigenvalue weighted by molar-refractivity contribution is 5.53. The van der Waals surface area contributed by atoms with E-state index in [0.717, 1.165) is 19.0 Å². The van der Waals surface area contributed by atoms with Gasteiger partial charge < -0.3 is 10.2 Å². The summed E-state index contributed by atoms with van der Waals surface area (Å²) in [5.41, 5.74) is 0.106. The molecule has 6 heteroatoms. The molecular weight excluding hydrogens is 237 g/mol. The van der Waals surface area contributed by atoms with Gasteiger partial charge in [-0.15, -0.1) is 0 Å². The van der Waals surface area contributed by atoms with Crippen molar-refractivity contribution in [1.29, 1.82) is 0 Å². The first-order valence-corrected chi connectivity index (χ1v) is 5.88. The molecule has 2 atom stereocenters. The fourth-order valence-electron chi connectivity index (χ4n) is 2.26. The number of rotatable bonds is 3. The Labute approximate surface area is 105 Å². The summed E-state index contributed by atoms with van der Waals surface area (Å²) in [6.45, 7) is 2.91. The summed E-state index contributed by atoms with van der Waals surface area (Å²) < 4.78 is 13.6. The lowest BCUT2D eigenvalue weighted by Crippen LogP contribution is -2.25. The molecule has 98 valence electrons. The predicted molar refractivity (Wildman–Crippen MR) is 67.2 cm³/mol. The first-order valence-electron chi connectivity index (χ1n) is 5.88. The molecule has 1 aliphatic rings. The highest BCUT2D eigenvalue weighted by Crippen LogP contribution is 2.25. The van der Waals surface area contributed by atoms with Gasteiger partial charge in [-0.2, -0.15) is 0 Å². The second-order valence-electron chi connectivity index (χ2n) is 4.79. The zero-order chi connectivity index (χ0) is 13.3. The summed E-state index contributed by atoms with van der Waals surface area (Å²) in [5, 5.41) is 13.7. The van der Waals surface area contributed by atoms with Crippen LogP contribution in [0.1, 0.15) is 13.3 Å². The summed E-state index contributed by atoms with van der Waals surface area (Å²) in [6, 6.07) is 4.11. The van der Waals surface area contributed by atoms with E-state index in [4.69, 9.17) is 0 Å². The van der Waals surface area contributed by atoms with Crippen LogP contribution in [0.25, 0.3) is 0 Å². The van der Waals surface area contributed by atoms with E-state index < -0.39 is 10.7 Å². The Morgan fingerprint density at radius 3 is 2.83 bits per heavy atom. The number of likely N-dealkylation sites (N-methyl/N-ethyl adjacent to an activating group) is 1. The van der Waals surface area contributed by atoms with Gasteiger partial charge in [0.15, 0.2) is 0 Å². The third kappa shape index (κ3) is 2.59. The molecule has 0 radical (unpaired) electrons. The normalized spacial score (nSPS) is 24.2. The van der Waals surface area contributed by atoms with E-state index in [1.807, 2.05) is 7.05 Å². The van der Waals surface area contributed by atoms with E-state index >= 15 is 0 Å². The van der Waals surface area contributed by atoms with E-state index in [0.29, 0.717) is 6.04 Å². The minimum atomic E-state index is -0.520. The SMILES string of the molecule is CC1CC(Nc2cc([N+](=O)[O-])ccc2F)CN1C. The number of hydrogen-bond donors (Lipinski definition) is 1. The fraction of sp³-hybridized carbons (Fsp3) is 0.500.